The Morgan fingerprint density at radius 3 is 2.93 bits per heavy atom. The van der Waals surface area contributed by atoms with Gasteiger partial charge in [-0.2, -0.15) is 5.26 Å². The maximum Gasteiger partial charge on any atom is 0.270 e. The van der Waals surface area contributed by atoms with E-state index >= 15 is 0 Å². The summed E-state index contributed by atoms with van der Waals surface area (Å²) in [5, 5.41) is 10.3. The fraction of sp³-hybridized carbons (Fsp3) is 0.476. The molecule has 4 rings (SSSR count). The lowest BCUT2D eigenvalue weighted by Crippen LogP contribution is -2.51. The summed E-state index contributed by atoms with van der Waals surface area (Å²) in [6, 6.07) is 4.43. The van der Waals surface area contributed by atoms with Crippen LogP contribution in [0, 0.1) is 23.2 Å². The predicted molar refractivity (Wildman–Crippen MR) is 105 cm³/mol. The van der Waals surface area contributed by atoms with Crippen molar-refractivity contribution in [3.05, 3.63) is 30.2 Å². The van der Waals surface area contributed by atoms with Crippen molar-refractivity contribution in [1.82, 2.24) is 19.8 Å². The number of likely N-dealkylation sites (tertiary alicyclic amines) is 1. The molecule has 3 heterocycles. The molecule has 2 aromatic rings. The summed E-state index contributed by atoms with van der Waals surface area (Å²) in [5.74, 6) is -0.440. The van der Waals surface area contributed by atoms with Crippen molar-refractivity contribution in [3.63, 3.8) is 0 Å². The molecule has 8 nitrogen and oxygen atoms in total. The maximum atomic E-state index is 13.3. The van der Waals surface area contributed by atoms with Gasteiger partial charge >= 0.3 is 0 Å². The third-order valence-corrected chi connectivity index (χ3v) is 5.94. The Labute approximate surface area is 168 Å². The number of carbonyl (C=O) groups excluding carboxylic acids is 3. The molecule has 1 aliphatic carbocycles. The predicted octanol–water partition coefficient (Wildman–Crippen LogP) is 1.74. The Bertz CT molecular complexity index is 957. The Morgan fingerprint density at radius 1 is 1.48 bits per heavy atom. The highest BCUT2D eigenvalue weighted by molar-refractivity contribution is 6.00. The fourth-order valence-electron chi connectivity index (χ4n) is 4.04. The molecule has 0 aromatic carbocycles. The van der Waals surface area contributed by atoms with Crippen LogP contribution in [0.2, 0.25) is 0 Å². The summed E-state index contributed by atoms with van der Waals surface area (Å²) < 4.78 is 0. The average Bonchev–Trinajstić information content (AvgIpc) is 3.29. The summed E-state index contributed by atoms with van der Waals surface area (Å²) in [6.07, 6.45) is 7.14. The van der Waals surface area contributed by atoms with E-state index in [-0.39, 0.29) is 24.3 Å². The molecular formula is C21H23N5O3. The molecular weight excluding hydrogens is 370 g/mol. The van der Waals surface area contributed by atoms with E-state index < -0.39 is 12.1 Å². The van der Waals surface area contributed by atoms with Crippen molar-refractivity contribution in [2.24, 2.45) is 11.8 Å². The third-order valence-electron chi connectivity index (χ3n) is 5.94. The summed E-state index contributed by atoms with van der Waals surface area (Å²) in [5.41, 5.74) is 1.15. The zero-order valence-electron chi connectivity index (χ0n) is 16.2. The number of hydrogen-bond donors (Lipinski definition) is 1. The van der Waals surface area contributed by atoms with Crippen molar-refractivity contribution in [1.29, 1.82) is 5.26 Å². The lowest BCUT2D eigenvalue weighted by molar-refractivity contribution is -0.136. The van der Waals surface area contributed by atoms with Crippen molar-refractivity contribution in [2.45, 2.75) is 37.8 Å². The topological polar surface area (TPSA) is 110 Å². The van der Waals surface area contributed by atoms with E-state index in [4.69, 9.17) is 0 Å². The maximum absolute atomic E-state index is 13.3. The molecule has 0 radical (unpaired) electrons. The number of nitrogens with one attached hydrogen (secondary N) is 1. The SMILES string of the molecule is CN(C(=O)c1cc2ccncc2[nH]1)C(CC1CC1)C(=O)N1C[C@@H](C=O)CC1C#N. The number of nitriles is 1. The largest absolute Gasteiger partial charge is 0.349 e. The van der Waals surface area contributed by atoms with Gasteiger partial charge in [0.1, 0.15) is 24.1 Å². The van der Waals surface area contributed by atoms with Gasteiger partial charge in [-0.25, -0.2) is 0 Å². The molecule has 0 spiro atoms. The van der Waals surface area contributed by atoms with Crippen molar-refractivity contribution < 1.29 is 14.4 Å². The molecule has 2 fully saturated rings. The van der Waals surface area contributed by atoms with Crippen LogP contribution in [-0.4, -0.2) is 63.5 Å². The monoisotopic (exact) mass is 393 g/mol. The summed E-state index contributed by atoms with van der Waals surface area (Å²) in [4.78, 5) is 47.7. The quantitative estimate of drug-likeness (QED) is 0.752. The molecule has 2 unspecified atom stereocenters. The summed E-state index contributed by atoms with van der Waals surface area (Å²) >= 11 is 0. The van der Waals surface area contributed by atoms with E-state index in [1.807, 2.05) is 6.07 Å². The van der Waals surface area contributed by atoms with Crippen LogP contribution in [0.3, 0.4) is 0 Å². The minimum absolute atomic E-state index is 0.238. The third kappa shape index (κ3) is 3.73. The van der Waals surface area contributed by atoms with Crippen LogP contribution in [0.1, 0.15) is 36.2 Å². The van der Waals surface area contributed by atoms with Crippen molar-refractivity contribution in [3.8, 4) is 6.07 Å². The van der Waals surface area contributed by atoms with Gasteiger partial charge in [0.15, 0.2) is 0 Å². The van der Waals surface area contributed by atoms with Gasteiger partial charge in [0, 0.05) is 31.1 Å². The van der Waals surface area contributed by atoms with Crippen molar-refractivity contribution in [2.75, 3.05) is 13.6 Å². The molecule has 1 N–H and O–H groups in total. The first-order valence-corrected chi connectivity index (χ1v) is 9.87. The van der Waals surface area contributed by atoms with Gasteiger partial charge in [-0.05, 0) is 30.9 Å². The van der Waals surface area contributed by atoms with E-state index in [9.17, 15) is 19.6 Å². The number of aromatic amines is 1. The Morgan fingerprint density at radius 2 is 2.28 bits per heavy atom. The molecule has 3 atom stereocenters. The van der Waals surface area contributed by atoms with Gasteiger partial charge in [-0.15, -0.1) is 0 Å². The Kier molecular flexibility index (Phi) is 5.05. The number of aromatic nitrogens is 2. The molecule has 2 aromatic heterocycles. The lowest BCUT2D eigenvalue weighted by Gasteiger charge is -2.32. The van der Waals surface area contributed by atoms with E-state index in [0.29, 0.717) is 24.5 Å². The number of H-pyrrole nitrogens is 1. The van der Waals surface area contributed by atoms with Gasteiger partial charge in [-0.1, -0.05) is 12.8 Å². The molecule has 29 heavy (non-hydrogen) atoms. The second-order valence-electron chi connectivity index (χ2n) is 8.02. The number of nitrogens with zero attached hydrogens (tertiary/aromatic N) is 4. The molecule has 1 aliphatic heterocycles. The first kappa shape index (κ1) is 19.1. The molecule has 2 amide bonds. The van der Waals surface area contributed by atoms with E-state index in [1.54, 1.807) is 25.5 Å². The zero-order valence-corrected chi connectivity index (χ0v) is 16.2. The molecule has 2 aliphatic rings. The smallest absolute Gasteiger partial charge is 0.270 e. The van der Waals surface area contributed by atoms with Gasteiger partial charge in [0.05, 0.1) is 17.8 Å². The molecule has 0 bridgehead atoms. The highest BCUT2D eigenvalue weighted by Crippen LogP contribution is 2.36. The fourth-order valence-corrected chi connectivity index (χ4v) is 4.04. The van der Waals surface area contributed by atoms with Gasteiger partial charge in [0.2, 0.25) is 5.91 Å². The molecule has 8 heteroatoms. The second kappa shape index (κ2) is 7.66. The van der Waals surface area contributed by atoms with E-state index in [0.717, 1.165) is 30.0 Å². The molecule has 150 valence electrons. The number of carbonyl (C=O) groups is 3. The first-order chi connectivity index (χ1) is 14.0. The van der Waals surface area contributed by atoms with Crippen LogP contribution in [0.4, 0.5) is 0 Å². The van der Waals surface area contributed by atoms with Crippen LogP contribution < -0.4 is 0 Å². The normalized spacial score (nSPS) is 22.3. The minimum atomic E-state index is -0.652. The highest BCUT2D eigenvalue weighted by atomic mass is 16.2. The Balaban J connectivity index is 1.58. The summed E-state index contributed by atoms with van der Waals surface area (Å²) in [6.45, 7) is 0.238. The summed E-state index contributed by atoms with van der Waals surface area (Å²) in [7, 11) is 1.63. The highest BCUT2D eigenvalue weighted by Gasteiger charge is 2.42. The van der Waals surface area contributed by atoms with Crippen LogP contribution >= 0.6 is 0 Å². The van der Waals surface area contributed by atoms with E-state index in [1.165, 1.54) is 9.80 Å². The van der Waals surface area contributed by atoms with Gasteiger partial charge in [0.25, 0.3) is 5.91 Å². The number of pyridine rings is 1. The number of fused-ring (bicyclic) bond motifs is 1. The number of likely N-dealkylation sites (N-methyl/N-ethyl adjacent to an activating group) is 1. The second-order valence-corrected chi connectivity index (χ2v) is 8.02. The van der Waals surface area contributed by atoms with Gasteiger partial charge < -0.3 is 19.6 Å². The number of hydrogen-bond acceptors (Lipinski definition) is 5. The number of rotatable bonds is 6. The average molecular weight is 393 g/mol. The minimum Gasteiger partial charge on any atom is -0.349 e. The number of amides is 2. The van der Waals surface area contributed by atoms with E-state index in [2.05, 4.69) is 16.0 Å². The molecule has 1 saturated carbocycles. The van der Waals surface area contributed by atoms with Gasteiger partial charge in [-0.3, -0.25) is 14.6 Å². The van der Waals surface area contributed by atoms with Crippen LogP contribution in [0.15, 0.2) is 24.5 Å². The zero-order chi connectivity index (χ0) is 20.5. The lowest BCUT2D eigenvalue weighted by atomic mass is 10.1. The number of aldehydes is 1. The van der Waals surface area contributed by atoms with Crippen molar-refractivity contribution >= 4 is 29.0 Å². The Hall–Kier alpha value is -3.21. The standard InChI is InChI=1S/C21H23N5O3/c1-25(20(28)17-8-15-4-5-23-10-18(15)24-17)19(7-13-2-3-13)21(29)26-11-14(12-27)6-16(26)9-22/h4-5,8,10,12-14,16,19,24H,2-3,6-7,11H2,1H3/t14-,16?,19?/m0/s1. The van der Waals surface area contributed by atoms with Crippen LogP contribution in [0.25, 0.3) is 10.9 Å². The molecule has 1 saturated heterocycles. The first-order valence-electron chi connectivity index (χ1n) is 9.87. The van der Waals surface area contributed by atoms with Crippen LogP contribution in [0.5, 0.6) is 0 Å². The van der Waals surface area contributed by atoms with Crippen LogP contribution in [-0.2, 0) is 9.59 Å².